The zero-order valence-electron chi connectivity index (χ0n) is 10.8. The minimum atomic E-state index is -0.604. The van der Waals surface area contributed by atoms with Gasteiger partial charge in [-0.25, -0.2) is 9.37 Å². The highest BCUT2D eigenvalue weighted by Gasteiger charge is 2.12. The number of aromatic amines is 1. The fraction of sp³-hybridized carbons (Fsp3) is 0. The minimum absolute atomic E-state index is 0.0136. The standard InChI is InChI=1S/C16H10ClFN2O/c17-12-8-4-7-11(15(12)18)16-19-13(9-14(21)20-16)10-5-2-1-3-6-10/h1-9H,(H,19,20,21). The first kappa shape index (κ1) is 13.5. The van der Waals surface area contributed by atoms with E-state index in [-0.39, 0.29) is 22.0 Å². The highest BCUT2D eigenvalue weighted by atomic mass is 35.5. The molecule has 0 aliphatic heterocycles. The molecule has 0 unspecified atom stereocenters. The van der Waals surface area contributed by atoms with Gasteiger partial charge in [0.15, 0.2) is 5.82 Å². The molecule has 0 aliphatic carbocycles. The molecule has 3 nitrogen and oxygen atoms in total. The highest BCUT2D eigenvalue weighted by molar-refractivity contribution is 6.31. The Bertz CT molecular complexity index is 846. The number of halogens is 2. The molecule has 0 bridgehead atoms. The van der Waals surface area contributed by atoms with Crippen LogP contribution in [0.1, 0.15) is 0 Å². The van der Waals surface area contributed by atoms with Crippen LogP contribution in [0.3, 0.4) is 0 Å². The summed E-state index contributed by atoms with van der Waals surface area (Å²) in [5, 5.41) is -0.0136. The summed E-state index contributed by atoms with van der Waals surface area (Å²) in [5.41, 5.74) is 1.08. The molecule has 2 aromatic carbocycles. The summed E-state index contributed by atoms with van der Waals surface area (Å²) in [6, 6.07) is 15.2. The van der Waals surface area contributed by atoms with Gasteiger partial charge in [0.1, 0.15) is 5.82 Å². The molecule has 0 amide bonds. The van der Waals surface area contributed by atoms with Gasteiger partial charge in [-0.1, -0.05) is 48.0 Å². The van der Waals surface area contributed by atoms with Crippen LogP contribution in [0.2, 0.25) is 5.02 Å². The first-order valence-electron chi connectivity index (χ1n) is 6.26. The average Bonchev–Trinajstić information content (AvgIpc) is 2.50. The SMILES string of the molecule is O=c1cc(-c2ccccc2)nc(-c2cccc(Cl)c2F)[nH]1. The van der Waals surface area contributed by atoms with Crippen molar-refractivity contribution in [2.75, 3.05) is 0 Å². The summed E-state index contributed by atoms with van der Waals surface area (Å²) in [6.07, 6.45) is 0. The van der Waals surface area contributed by atoms with E-state index < -0.39 is 5.82 Å². The molecule has 0 spiro atoms. The van der Waals surface area contributed by atoms with Gasteiger partial charge >= 0.3 is 0 Å². The van der Waals surface area contributed by atoms with Crippen LogP contribution >= 0.6 is 11.6 Å². The number of nitrogens with one attached hydrogen (secondary N) is 1. The van der Waals surface area contributed by atoms with Crippen molar-refractivity contribution in [1.82, 2.24) is 9.97 Å². The maximum atomic E-state index is 14.1. The lowest BCUT2D eigenvalue weighted by Crippen LogP contribution is -2.09. The Hall–Kier alpha value is -2.46. The summed E-state index contributed by atoms with van der Waals surface area (Å²) in [4.78, 5) is 18.7. The smallest absolute Gasteiger partial charge is 0.251 e. The van der Waals surface area contributed by atoms with E-state index in [9.17, 15) is 9.18 Å². The van der Waals surface area contributed by atoms with E-state index in [1.807, 2.05) is 30.3 Å². The fourth-order valence-corrected chi connectivity index (χ4v) is 2.20. The number of hydrogen-bond acceptors (Lipinski definition) is 2. The van der Waals surface area contributed by atoms with Crippen LogP contribution in [0, 0.1) is 5.82 Å². The second kappa shape index (κ2) is 5.50. The molecule has 0 aliphatic rings. The maximum absolute atomic E-state index is 14.1. The third kappa shape index (κ3) is 2.71. The predicted octanol–water partition coefficient (Wildman–Crippen LogP) is 3.90. The van der Waals surface area contributed by atoms with Gasteiger partial charge in [-0.15, -0.1) is 0 Å². The Kier molecular flexibility index (Phi) is 3.54. The Labute approximate surface area is 125 Å². The van der Waals surface area contributed by atoms with Crippen molar-refractivity contribution in [2.45, 2.75) is 0 Å². The number of hydrogen-bond donors (Lipinski definition) is 1. The molecule has 3 aromatic rings. The number of nitrogens with zero attached hydrogens (tertiary/aromatic N) is 1. The second-order valence-corrected chi connectivity index (χ2v) is 4.85. The van der Waals surface area contributed by atoms with Crippen LogP contribution in [0.25, 0.3) is 22.6 Å². The predicted molar refractivity (Wildman–Crippen MR) is 80.7 cm³/mol. The first-order chi connectivity index (χ1) is 10.1. The van der Waals surface area contributed by atoms with E-state index >= 15 is 0 Å². The van der Waals surface area contributed by atoms with Crippen LogP contribution in [0.4, 0.5) is 4.39 Å². The molecular formula is C16H10ClFN2O. The Morgan fingerprint density at radius 2 is 1.81 bits per heavy atom. The lowest BCUT2D eigenvalue weighted by atomic mass is 10.1. The average molecular weight is 301 g/mol. The normalized spacial score (nSPS) is 10.6. The van der Waals surface area contributed by atoms with E-state index in [2.05, 4.69) is 9.97 Å². The third-order valence-corrected chi connectivity index (χ3v) is 3.31. The summed E-state index contributed by atoms with van der Waals surface area (Å²) in [6.45, 7) is 0. The van der Waals surface area contributed by atoms with Crippen molar-refractivity contribution in [3.8, 4) is 22.6 Å². The van der Waals surface area contributed by atoms with Gasteiger partial charge in [0, 0.05) is 11.6 Å². The van der Waals surface area contributed by atoms with Gasteiger partial charge in [-0.2, -0.15) is 0 Å². The van der Waals surface area contributed by atoms with Gasteiger partial charge in [-0.3, -0.25) is 4.79 Å². The zero-order valence-corrected chi connectivity index (χ0v) is 11.6. The number of aromatic nitrogens is 2. The van der Waals surface area contributed by atoms with Crippen LogP contribution in [0.5, 0.6) is 0 Å². The molecule has 1 aromatic heterocycles. The summed E-state index contributed by atoms with van der Waals surface area (Å²) in [7, 11) is 0. The topological polar surface area (TPSA) is 45.8 Å². The van der Waals surface area contributed by atoms with Gasteiger partial charge in [0.2, 0.25) is 0 Å². The van der Waals surface area contributed by atoms with Crippen LogP contribution in [-0.2, 0) is 0 Å². The molecule has 3 rings (SSSR count). The summed E-state index contributed by atoms with van der Waals surface area (Å²) < 4.78 is 14.1. The van der Waals surface area contributed by atoms with Crippen molar-refractivity contribution in [3.63, 3.8) is 0 Å². The maximum Gasteiger partial charge on any atom is 0.251 e. The quantitative estimate of drug-likeness (QED) is 0.780. The van der Waals surface area contributed by atoms with Crippen LogP contribution < -0.4 is 5.56 Å². The van der Waals surface area contributed by atoms with E-state index in [1.165, 1.54) is 18.2 Å². The molecule has 0 radical (unpaired) electrons. The number of H-pyrrole nitrogens is 1. The van der Waals surface area contributed by atoms with E-state index in [4.69, 9.17) is 11.6 Å². The van der Waals surface area contributed by atoms with Gasteiger partial charge in [0.25, 0.3) is 5.56 Å². The number of benzene rings is 2. The molecule has 1 N–H and O–H groups in total. The highest BCUT2D eigenvalue weighted by Crippen LogP contribution is 2.25. The molecule has 1 heterocycles. The van der Waals surface area contributed by atoms with Gasteiger partial charge in [0.05, 0.1) is 16.3 Å². The van der Waals surface area contributed by atoms with Crippen LogP contribution in [-0.4, -0.2) is 9.97 Å². The van der Waals surface area contributed by atoms with Crippen LogP contribution in [0.15, 0.2) is 59.4 Å². The van der Waals surface area contributed by atoms with Crippen molar-refractivity contribution in [3.05, 3.63) is 75.8 Å². The van der Waals surface area contributed by atoms with E-state index in [1.54, 1.807) is 6.07 Å². The summed E-state index contributed by atoms with van der Waals surface area (Å²) in [5.74, 6) is -0.450. The fourth-order valence-electron chi connectivity index (χ4n) is 2.03. The molecule has 0 saturated heterocycles. The largest absolute Gasteiger partial charge is 0.306 e. The molecule has 0 saturated carbocycles. The molecule has 0 atom stereocenters. The Morgan fingerprint density at radius 1 is 1.05 bits per heavy atom. The Morgan fingerprint density at radius 3 is 2.57 bits per heavy atom. The zero-order chi connectivity index (χ0) is 14.8. The summed E-state index contributed by atoms with van der Waals surface area (Å²) >= 11 is 5.77. The minimum Gasteiger partial charge on any atom is -0.306 e. The molecule has 0 fully saturated rings. The van der Waals surface area contributed by atoms with E-state index in [0.29, 0.717) is 5.69 Å². The second-order valence-electron chi connectivity index (χ2n) is 4.45. The van der Waals surface area contributed by atoms with E-state index in [0.717, 1.165) is 5.56 Å². The molecular weight excluding hydrogens is 291 g/mol. The lowest BCUT2D eigenvalue weighted by Gasteiger charge is -2.06. The monoisotopic (exact) mass is 300 g/mol. The van der Waals surface area contributed by atoms with Gasteiger partial charge in [-0.05, 0) is 12.1 Å². The van der Waals surface area contributed by atoms with Crippen molar-refractivity contribution < 1.29 is 4.39 Å². The molecule has 5 heteroatoms. The number of rotatable bonds is 2. The van der Waals surface area contributed by atoms with Gasteiger partial charge < -0.3 is 4.98 Å². The van der Waals surface area contributed by atoms with Crippen molar-refractivity contribution in [1.29, 1.82) is 0 Å². The Balaban J connectivity index is 2.19. The molecule has 104 valence electrons. The molecule has 21 heavy (non-hydrogen) atoms. The van der Waals surface area contributed by atoms with Crippen molar-refractivity contribution >= 4 is 11.6 Å². The van der Waals surface area contributed by atoms with Crippen molar-refractivity contribution in [2.24, 2.45) is 0 Å². The first-order valence-corrected chi connectivity index (χ1v) is 6.64. The third-order valence-electron chi connectivity index (χ3n) is 3.02. The lowest BCUT2D eigenvalue weighted by molar-refractivity contribution is 0.630.